The third-order valence-corrected chi connectivity index (χ3v) is 4.79. The van der Waals surface area contributed by atoms with Crippen molar-refractivity contribution in [3.8, 4) is 0 Å². The number of carbonyl (C=O) groups is 2. The van der Waals surface area contributed by atoms with Gasteiger partial charge in [0.15, 0.2) is 0 Å². The van der Waals surface area contributed by atoms with Gasteiger partial charge in [-0.1, -0.05) is 0 Å². The minimum Gasteiger partial charge on any atom is -0.546 e. The molecule has 0 heterocycles. The zero-order valence-corrected chi connectivity index (χ0v) is 9.81. The highest BCUT2D eigenvalue weighted by Crippen LogP contribution is 2.60. The largest absolute Gasteiger partial charge is 0.546 e. The predicted molar refractivity (Wildman–Crippen MR) is 56.6 cm³/mol. The maximum atomic E-state index is 12.1. The van der Waals surface area contributed by atoms with Crippen molar-refractivity contribution in [3.05, 3.63) is 0 Å². The molecule has 0 radical (unpaired) electrons. The van der Waals surface area contributed by atoms with E-state index in [1.807, 2.05) is 0 Å². The monoisotopic (exact) mass is 237 g/mol. The molecule has 4 rings (SSSR count). The molecule has 4 fully saturated rings. The lowest BCUT2D eigenvalue weighted by atomic mass is 9.49. The molecule has 4 saturated carbocycles. The van der Waals surface area contributed by atoms with E-state index in [9.17, 15) is 14.7 Å². The van der Waals surface area contributed by atoms with E-state index in [4.69, 9.17) is 4.74 Å². The maximum Gasteiger partial charge on any atom is 0.312 e. The first-order valence-electron chi connectivity index (χ1n) is 6.44. The van der Waals surface area contributed by atoms with Gasteiger partial charge in [-0.25, -0.2) is 0 Å². The second-order valence-electron chi connectivity index (χ2n) is 6.15. The predicted octanol–water partition coefficient (Wildman–Crippen LogP) is 0.496. The van der Waals surface area contributed by atoms with Crippen LogP contribution in [0.15, 0.2) is 0 Å². The number of carboxylic acids is 1. The number of ether oxygens (including phenoxy) is 1. The Labute approximate surface area is 100 Å². The Hall–Kier alpha value is -1.06. The van der Waals surface area contributed by atoms with Crippen LogP contribution in [0.3, 0.4) is 0 Å². The van der Waals surface area contributed by atoms with Gasteiger partial charge in [0, 0.05) is 0 Å². The van der Waals surface area contributed by atoms with Crippen LogP contribution in [0.1, 0.15) is 38.5 Å². The Morgan fingerprint density at radius 3 is 1.94 bits per heavy atom. The van der Waals surface area contributed by atoms with E-state index in [0.29, 0.717) is 17.8 Å². The summed E-state index contributed by atoms with van der Waals surface area (Å²) in [5.74, 6) is 0.383. The molecule has 0 unspecified atom stereocenters. The lowest BCUT2D eigenvalue weighted by molar-refractivity contribution is -0.309. The third kappa shape index (κ3) is 1.83. The second kappa shape index (κ2) is 3.72. The molecule has 0 aromatic rings. The van der Waals surface area contributed by atoms with Crippen LogP contribution in [0.25, 0.3) is 0 Å². The normalized spacial score (nSPS) is 42.5. The highest BCUT2D eigenvalue weighted by molar-refractivity contribution is 5.80. The molecule has 0 aromatic heterocycles. The third-order valence-electron chi connectivity index (χ3n) is 4.79. The molecule has 4 heteroatoms. The Kier molecular flexibility index (Phi) is 2.42. The first kappa shape index (κ1) is 11.1. The second-order valence-corrected chi connectivity index (χ2v) is 6.15. The van der Waals surface area contributed by atoms with E-state index in [1.165, 1.54) is 19.3 Å². The number of esters is 1. The van der Waals surface area contributed by atoms with Crippen molar-refractivity contribution in [2.24, 2.45) is 23.2 Å². The lowest BCUT2D eigenvalue weighted by Crippen LogP contribution is -2.51. The molecule has 4 bridgehead atoms. The van der Waals surface area contributed by atoms with Crippen LogP contribution < -0.4 is 5.11 Å². The zero-order chi connectivity index (χ0) is 12.0. The minimum absolute atomic E-state index is 0.291. The highest BCUT2D eigenvalue weighted by Gasteiger charge is 2.55. The van der Waals surface area contributed by atoms with Crippen molar-refractivity contribution < 1.29 is 19.4 Å². The average molecular weight is 237 g/mol. The maximum absolute atomic E-state index is 12.1. The van der Waals surface area contributed by atoms with Crippen LogP contribution in [-0.4, -0.2) is 18.5 Å². The highest BCUT2D eigenvalue weighted by atomic mass is 16.6. The number of carbonyl (C=O) groups excluding carboxylic acids is 2. The molecule has 0 N–H and O–H groups in total. The molecule has 4 nitrogen and oxygen atoms in total. The van der Waals surface area contributed by atoms with Crippen molar-refractivity contribution in [1.82, 2.24) is 0 Å². The summed E-state index contributed by atoms with van der Waals surface area (Å²) >= 11 is 0. The fraction of sp³-hybridized carbons (Fsp3) is 0.846. The number of hydrogen-bond acceptors (Lipinski definition) is 4. The molecule has 4 aliphatic carbocycles. The molecule has 0 amide bonds. The van der Waals surface area contributed by atoms with Crippen LogP contribution in [-0.2, 0) is 14.3 Å². The van der Waals surface area contributed by atoms with Gasteiger partial charge in [-0.05, 0) is 56.3 Å². The average Bonchev–Trinajstić information content (AvgIpc) is 2.23. The fourth-order valence-corrected chi connectivity index (χ4v) is 4.64. The molecule has 0 atom stereocenters. The first-order chi connectivity index (χ1) is 8.07. The quantitative estimate of drug-likeness (QED) is 0.670. The van der Waals surface area contributed by atoms with E-state index in [0.717, 1.165) is 19.3 Å². The molecule has 17 heavy (non-hydrogen) atoms. The van der Waals surface area contributed by atoms with Gasteiger partial charge in [-0.3, -0.25) is 4.79 Å². The summed E-state index contributed by atoms with van der Waals surface area (Å²) in [4.78, 5) is 22.4. The van der Waals surface area contributed by atoms with E-state index in [2.05, 4.69) is 0 Å². The van der Waals surface area contributed by atoms with Gasteiger partial charge in [0.2, 0.25) is 0 Å². The number of carboxylic acid groups (broad SMARTS) is 1. The van der Waals surface area contributed by atoms with Crippen molar-refractivity contribution in [2.75, 3.05) is 6.61 Å². The molecule has 94 valence electrons. The van der Waals surface area contributed by atoms with E-state index >= 15 is 0 Å². The van der Waals surface area contributed by atoms with Gasteiger partial charge >= 0.3 is 5.97 Å². The molecule has 0 spiro atoms. The van der Waals surface area contributed by atoms with Crippen molar-refractivity contribution >= 4 is 11.9 Å². The van der Waals surface area contributed by atoms with E-state index < -0.39 is 12.6 Å². The molecule has 0 saturated heterocycles. The Morgan fingerprint density at radius 1 is 1.06 bits per heavy atom. The van der Waals surface area contributed by atoms with E-state index in [1.54, 1.807) is 0 Å². The Morgan fingerprint density at radius 2 is 1.53 bits per heavy atom. The topological polar surface area (TPSA) is 66.4 Å². The number of rotatable bonds is 3. The summed E-state index contributed by atoms with van der Waals surface area (Å²) in [5.41, 5.74) is -0.357. The zero-order valence-electron chi connectivity index (χ0n) is 9.81. The minimum atomic E-state index is -1.32. The molecular formula is C13H17O4-. The van der Waals surface area contributed by atoms with Gasteiger partial charge in [-0.2, -0.15) is 0 Å². The van der Waals surface area contributed by atoms with Crippen LogP contribution in [0.5, 0.6) is 0 Å². The van der Waals surface area contributed by atoms with Gasteiger partial charge < -0.3 is 14.6 Å². The lowest BCUT2D eigenvalue weighted by Gasteiger charge is -2.55. The smallest absolute Gasteiger partial charge is 0.312 e. The van der Waals surface area contributed by atoms with Gasteiger partial charge in [0.25, 0.3) is 0 Å². The summed E-state index contributed by atoms with van der Waals surface area (Å²) in [5, 5.41) is 10.3. The number of hydrogen-bond donors (Lipinski definition) is 0. The molecule has 4 aliphatic rings. The molecule has 0 aromatic carbocycles. The Balaban J connectivity index is 1.73. The van der Waals surface area contributed by atoms with E-state index in [-0.39, 0.29) is 11.4 Å². The summed E-state index contributed by atoms with van der Waals surface area (Å²) in [6.07, 6.45) is 6.49. The standard InChI is InChI=1S/C13H18O4/c14-11(15)7-17-12(16)13-4-8-1-9(5-13)3-10(2-8)6-13/h8-10H,1-7H2,(H,14,15)/p-1. The summed E-state index contributed by atoms with van der Waals surface area (Å²) in [6.45, 7) is -0.597. The van der Waals surface area contributed by atoms with Crippen molar-refractivity contribution in [3.63, 3.8) is 0 Å². The van der Waals surface area contributed by atoms with Gasteiger partial charge in [0.05, 0.1) is 11.4 Å². The Bertz CT molecular complexity index is 325. The molecule has 0 aliphatic heterocycles. The van der Waals surface area contributed by atoms with Gasteiger partial charge in [-0.15, -0.1) is 0 Å². The first-order valence-corrected chi connectivity index (χ1v) is 6.44. The van der Waals surface area contributed by atoms with Gasteiger partial charge in [0.1, 0.15) is 6.61 Å². The van der Waals surface area contributed by atoms with Crippen LogP contribution >= 0.6 is 0 Å². The SMILES string of the molecule is O=C([O-])COC(=O)C12CC3CC(CC(C3)C1)C2. The van der Waals surface area contributed by atoms with Crippen LogP contribution in [0, 0.1) is 23.2 Å². The number of aliphatic carboxylic acids is 1. The van der Waals surface area contributed by atoms with Crippen molar-refractivity contribution in [2.45, 2.75) is 38.5 Å². The molecular weight excluding hydrogens is 220 g/mol. The van der Waals surface area contributed by atoms with Crippen LogP contribution in [0.2, 0.25) is 0 Å². The summed E-state index contributed by atoms with van der Waals surface area (Å²) in [7, 11) is 0. The van der Waals surface area contributed by atoms with Crippen LogP contribution in [0.4, 0.5) is 0 Å². The van der Waals surface area contributed by atoms with Crippen molar-refractivity contribution in [1.29, 1.82) is 0 Å². The fourth-order valence-electron chi connectivity index (χ4n) is 4.64. The summed E-state index contributed by atoms with van der Waals surface area (Å²) < 4.78 is 4.89. The summed E-state index contributed by atoms with van der Waals surface area (Å²) in [6, 6.07) is 0.